The Morgan fingerprint density at radius 1 is 0.862 bits per heavy atom. The molecule has 0 amide bonds. The average molecular weight is 394 g/mol. The highest BCUT2D eigenvalue weighted by atomic mass is 16.6. The molecule has 0 aliphatic heterocycles. The fourth-order valence-corrected chi connectivity index (χ4v) is 3.49. The molecule has 1 aliphatic carbocycles. The minimum absolute atomic E-state index is 0.0145. The van der Waals surface area contributed by atoms with Crippen molar-refractivity contribution in [1.82, 2.24) is 0 Å². The molecule has 150 valence electrons. The van der Waals surface area contributed by atoms with Crippen LogP contribution in [0.2, 0.25) is 0 Å². The molecule has 1 aliphatic rings. The number of benzene rings is 2. The number of ether oxygens (including phenoxy) is 2. The third-order valence-electron chi connectivity index (χ3n) is 4.83. The maximum Gasteiger partial charge on any atom is 0.308 e. The van der Waals surface area contributed by atoms with Crippen molar-refractivity contribution in [2.75, 3.05) is 0 Å². The van der Waals surface area contributed by atoms with Gasteiger partial charge in [0.05, 0.1) is 5.56 Å². The van der Waals surface area contributed by atoms with Crippen molar-refractivity contribution in [3.63, 3.8) is 0 Å². The zero-order valence-corrected chi connectivity index (χ0v) is 17.0. The van der Waals surface area contributed by atoms with Gasteiger partial charge in [-0.25, -0.2) is 0 Å². The maximum atomic E-state index is 13.3. The quantitative estimate of drug-likeness (QED) is 0.448. The van der Waals surface area contributed by atoms with E-state index in [0.717, 1.165) is 12.5 Å². The van der Waals surface area contributed by atoms with Crippen LogP contribution in [0.3, 0.4) is 0 Å². The van der Waals surface area contributed by atoms with Crippen LogP contribution in [0, 0.1) is 0 Å². The van der Waals surface area contributed by atoms with Crippen LogP contribution in [0.5, 0.6) is 5.75 Å². The van der Waals surface area contributed by atoms with E-state index < -0.39 is 29.1 Å². The van der Waals surface area contributed by atoms with Gasteiger partial charge < -0.3 is 9.47 Å². The summed E-state index contributed by atoms with van der Waals surface area (Å²) in [5.41, 5.74) is -1.33. The lowest BCUT2D eigenvalue weighted by molar-refractivity contribution is -0.149. The lowest BCUT2D eigenvalue weighted by atomic mass is 9.82. The molecule has 0 aromatic heterocycles. The number of rotatable bonds is 3. The minimum Gasteiger partial charge on any atom is -0.437 e. The lowest BCUT2D eigenvalue weighted by Crippen LogP contribution is -2.43. The topological polar surface area (TPSA) is 86.7 Å². The van der Waals surface area contributed by atoms with Gasteiger partial charge in [0, 0.05) is 25.0 Å². The van der Waals surface area contributed by atoms with Crippen molar-refractivity contribution in [2.45, 2.75) is 45.6 Å². The fourth-order valence-electron chi connectivity index (χ4n) is 3.49. The zero-order valence-electron chi connectivity index (χ0n) is 17.0. The normalized spacial score (nSPS) is 15.1. The number of hydrogen-bond acceptors (Lipinski definition) is 6. The van der Waals surface area contributed by atoms with E-state index >= 15 is 0 Å². The molecule has 0 N–H and O–H groups in total. The van der Waals surface area contributed by atoms with Gasteiger partial charge in [0.25, 0.3) is 5.60 Å². The van der Waals surface area contributed by atoms with E-state index in [9.17, 15) is 19.2 Å². The predicted octanol–water partition coefficient (Wildman–Crippen LogP) is 3.75. The molecule has 0 atom stereocenters. The summed E-state index contributed by atoms with van der Waals surface area (Å²) in [6.45, 7) is 8.27. The lowest BCUT2D eigenvalue weighted by Gasteiger charge is -2.29. The number of ketones is 2. The summed E-state index contributed by atoms with van der Waals surface area (Å²) in [6.07, 6.45) is 0. The van der Waals surface area contributed by atoms with Gasteiger partial charge in [0.1, 0.15) is 5.75 Å². The summed E-state index contributed by atoms with van der Waals surface area (Å²) in [4.78, 5) is 50.4. The monoisotopic (exact) mass is 394 g/mol. The minimum atomic E-state index is -2.23. The van der Waals surface area contributed by atoms with Gasteiger partial charge in [0.2, 0.25) is 11.6 Å². The van der Waals surface area contributed by atoms with Crippen molar-refractivity contribution in [1.29, 1.82) is 0 Å². The molecule has 0 radical (unpaired) electrons. The average Bonchev–Trinajstić information content (AvgIpc) is 2.83. The molecule has 0 unspecified atom stereocenters. The van der Waals surface area contributed by atoms with Crippen LogP contribution in [0.1, 0.15) is 66.5 Å². The van der Waals surface area contributed by atoms with Crippen LogP contribution in [0.25, 0.3) is 0 Å². The number of esters is 2. The van der Waals surface area contributed by atoms with Crippen LogP contribution in [0.4, 0.5) is 0 Å². The summed E-state index contributed by atoms with van der Waals surface area (Å²) in [5.74, 6) is -2.73. The summed E-state index contributed by atoms with van der Waals surface area (Å²) < 4.78 is 10.8. The van der Waals surface area contributed by atoms with Gasteiger partial charge in [0.15, 0.2) is 0 Å². The largest absolute Gasteiger partial charge is 0.437 e. The first-order valence-electron chi connectivity index (χ1n) is 9.20. The first-order valence-corrected chi connectivity index (χ1v) is 9.20. The molecule has 0 bridgehead atoms. The molecule has 0 saturated heterocycles. The zero-order chi connectivity index (χ0) is 21.6. The predicted molar refractivity (Wildman–Crippen MR) is 105 cm³/mol. The molecule has 0 heterocycles. The fraction of sp³-hybridized carbons (Fsp3) is 0.304. The van der Waals surface area contributed by atoms with E-state index in [-0.39, 0.29) is 27.9 Å². The third kappa shape index (κ3) is 3.35. The first kappa shape index (κ1) is 20.5. The Hall–Kier alpha value is -3.28. The first-order chi connectivity index (χ1) is 13.5. The highest BCUT2D eigenvalue weighted by Crippen LogP contribution is 2.45. The Balaban J connectivity index is 2.32. The number of hydrogen-bond donors (Lipinski definition) is 0. The third-order valence-corrected chi connectivity index (χ3v) is 4.83. The molecule has 6 heteroatoms. The van der Waals surface area contributed by atoms with E-state index in [0.29, 0.717) is 0 Å². The van der Waals surface area contributed by atoms with Crippen molar-refractivity contribution >= 4 is 23.5 Å². The van der Waals surface area contributed by atoms with E-state index in [2.05, 4.69) is 0 Å². The standard InChI is InChI=1S/C23H22O6/c1-13(24)28-19-12-15(22(3,4)5)10-11-18(19)23(29-14(2)25)20(26)16-8-6-7-9-17(16)21(23)27/h6-12H,1-5H3. The smallest absolute Gasteiger partial charge is 0.308 e. The molecule has 3 rings (SSSR count). The summed E-state index contributed by atoms with van der Waals surface area (Å²) >= 11 is 0. The summed E-state index contributed by atoms with van der Waals surface area (Å²) in [5, 5.41) is 0. The summed E-state index contributed by atoms with van der Waals surface area (Å²) in [7, 11) is 0. The van der Waals surface area contributed by atoms with Gasteiger partial charge in [-0.05, 0) is 23.1 Å². The highest BCUT2D eigenvalue weighted by Gasteiger charge is 2.58. The Morgan fingerprint density at radius 2 is 1.41 bits per heavy atom. The van der Waals surface area contributed by atoms with Crippen LogP contribution < -0.4 is 4.74 Å². The number of carbonyl (C=O) groups is 4. The molecule has 0 fully saturated rings. The Bertz CT molecular complexity index is 1010. The van der Waals surface area contributed by atoms with E-state index in [1.165, 1.54) is 25.1 Å². The Morgan fingerprint density at radius 3 is 1.86 bits per heavy atom. The Kier molecular flexibility index (Phi) is 4.91. The van der Waals surface area contributed by atoms with Gasteiger partial charge in [-0.2, -0.15) is 0 Å². The van der Waals surface area contributed by atoms with Crippen LogP contribution in [-0.2, 0) is 25.3 Å². The molecule has 0 saturated carbocycles. The van der Waals surface area contributed by atoms with Gasteiger partial charge in [-0.3, -0.25) is 19.2 Å². The molecular weight excluding hydrogens is 372 g/mol. The van der Waals surface area contributed by atoms with Crippen LogP contribution in [0.15, 0.2) is 42.5 Å². The number of Topliss-reactive ketones (excluding diaryl/α,β-unsaturated/α-hetero) is 2. The molecule has 0 spiro atoms. The van der Waals surface area contributed by atoms with Gasteiger partial charge in [-0.15, -0.1) is 0 Å². The maximum absolute atomic E-state index is 13.3. The Labute approximate surface area is 168 Å². The summed E-state index contributed by atoms with van der Waals surface area (Å²) in [6, 6.07) is 11.1. The van der Waals surface area contributed by atoms with Crippen LogP contribution >= 0.6 is 0 Å². The number of carbonyl (C=O) groups excluding carboxylic acids is 4. The second kappa shape index (κ2) is 6.95. The van der Waals surface area contributed by atoms with Gasteiger partial charge >= 0.3 is 11.9 Å². The van der Waals surface area contributed by atoms with E-state index in [1.807, 2.05) is 20.8 Å². The van der Waals surface area contributed by atoms with Crippen molar-refractivity contribution < 1.29 is 28.7 Å². The molecule has 6 nitrogen and oxygen atoms in total. The molecular formula is C23H22O6. The second-order valence-electron chi connectivity index (χ2n) is 8.03. The highest BCUT2D eigenvalue weighted by molar-refractivity contribution is 6.32. The SMILES string of the molecule is CC(=O)Oc1cc(C(C)(C)C)ccc1C1(OC(C)=O)C(=O)c2ccccc2C1=O. The van der Waals surface area contributed by atoms with E-state index in [1.54, 1.807) is 24.3 Å². The van der Waals surface area contributed by atoms with Crippen molar-refractivity contribution in [3.8, 4) is 5.75 Å². The molecule has 2 aromatic rings. The van der Waals surface area contributed by atoms with Crippen LogP contribution in [-0.4, -0.2) is 23.5 Å². The van der Waals surface area contributed by atoms with Crippen molar-refractivity contribution in [2.24, 2.45) is 0 Å². The van der Waals surface area contributed by atoms with Crippen molar-refractivity contribution in [3.05, 3.63) is 64.7 Å². The molecule has 2 aromatic carbocycles. The number of fused-ring (bicyclic) bond motifs is 1. The molecule has 29 heavy (non-hydrogen) atoms. The van der Waals surface area contributed by atoms with E-state index in [4.69, 9.17) is 9.47 Å². The second-order valence-corrected chi connectivity index (χ2v) is 8.03. The van der Waals surface area contributed by atoms with Gasteiger partial charge in [-0.1, -0.05) is 51.1 Å².